The van der Waals surface area contributed by atoms with E-state index in [4.69, 9.17) is 34.2 Å². The van der Waals surface area contributed by atoms with Crippen LogP contribution in [0.1, 0.15) is 15.9 Å². The number of nitrogens with zero attached hydrogens (tertiary/aromatic N) is 1. The molecule has 0 saturated heterocycles. The number of carbonyl (C=O) groups is 1. The molecule has 3 N–H and O–H groups in total. The van der Waals surface area contributed by atoms with Gasteiger partial charge in [-0.1, -0.05) is 23.2 Å². The monoisotopic (exact) mass is 305 g/mol. The quantitative estimate of drug-likeness (QED) is 0.830. The van der Waals surface area contributed by atoms with Gasteiger partial charge in [0.25, 0.3) is 5.91 Å². The first-order valence-electron chi connectivity index (χ1n) is 5.57. The Labute approximate surface area is 125 Å². The Hall–Kier alpha value is -2.22. The van der Waals surface area contributed by atoms with Gasteiger partial charge in [0, 0.05) is 10.7 Å². The topological polar surface area (TPSA) is 78.9 Å². The van der Waals surface area contributed by atoms with Crippen LogP contribution >= 0.6 is 23.2 Å². The fourth-order valence-corrected chi connectivity index (χ4v) is 2.00. The molecule has 4 nitrogen and oxygen atoms in total. The zero-order valence-corrected chi connectivity index (χ0v) is 11.7. The van der Waals surface area contributed by atoms with Crippen LogP contribution in [0.4, 0.5) is 11.4 Å². The first kappa shape index (κ1) is 14.2. The van der Waals surface area contributed by atoms with Crippen molar-refractivity contribution in [3.05, 3.63) is 57.6 Å². The number of benzene rings is 2. The molecule has 0 spiro atoms. The zero-order valence-electron chi connectivity index (χ0n) is 10.2. The second-order valence-corrected chi connectivity index (χ2v) is 4.84. The number of nitrogens with two attached hydrogens (primary N) is 1. The fourth-order valence-electron chi connectivity index (χ4n) is 1.62. The molecule has 0 heterocycles. The van der Waals surface area contributed by atoms with Gasteiger partial charge >= 0.3 is 0 Å². The number of hydrogen-bond donors (Lipinski definition) is 2. The van der Waals surface area contributed by atoms with Crippen LogP contribution in [-0.2, 0) is 0 Å². The number of nitrogen functional groups attached to an aromatic ring is 1. The van der Waals surface area contributed by atoms with Crippen LogP contribution in [0.5, 0.6) is 0 Å². The molecule has 2 aromatic rings. The van der Waals surface area contributed by atoms with Gasteiger partial charge < -0.3 is 11.1 Å². The number of nitrogens with one attached hydrogen (secondary N) is 1. The minimum absolute atomic E-state index is 0.232. The largest absolute Gasteiger partial charge is 0.399 e. The maximum Gasteiger partial charge on any atom is 0.257 e. The van der Waals surface area contributed by atoms with Crippen molar-refractivity contribution < 1.29 is 4.79 Å². The van der Waals surface area contributed by atoms with Crippen molar-refractivity contribution in [1.29, 1.82) is 5.26 Å². The minimum atomic E-state index is -0.457. The molecule has 0 aliphatic carbocycles. The lowest BCUT2D eigenvalue weighted by molar-refractivity contribution is 0.102. The lowest BCUT2D eigenvalue weighted by atomic mass is 10.1. The summed E-state index contributed by atoms with van der Waals surface area (Å²) in [6.45, 7) is 0. The van der Waals surface area contributed by atoms with E-state index in [1.807, 2.05) is 6.07 Å². The molecule has 1 amide bonds. The maximum atomic E-state index is 12.2. The molecule has 0 unspecified atom stereocenters. The predicted octanol–water partition coefficient (Wildman–Crippen LogP) is 3.70. The molecule has 0 fully saturated rings. The van der Waals surface area contributed by atoms with E-state index in [0.717, 1.165) is 0 Å². The Bertz CT molecular complexity index is 723. The van der Waals surface area contributed by atoms with E-state index in [2.05, 4.69) is 5.32 Å². The molecular formula is C14H9Cl2N3O. The number of carbonyl (C=O) groups excluding carboxylic acids is 1. The van der Waals surface area contributed by atoms with Crippen molar-refractivity contribution in [2.75, 3.05) is 11.1 Å². The van der Waals surface area contributed by atoms with Crippen molar-refractivity contribution in [1.82, 2.24) is 0 Å². The second-order valence-electron chi connectivity index (χ2n) is 4.00. The lowest BCUT2D eigenvalue weighted by Gasteiger charge is -2.09. The summed E-state index contributed by atoms with van der Waals surface area (Å²) < 4.78 is 0. The SMILES string of the molecule is N#Cc1ccc(Cl)cc1NC(=O)c1cc(N)ccc1Cl. The summed E-state index contributed by atoms with van der Waals surface area (Å²) in [4.78, 5) is 12.2. The number of hydrogen-bond acceptors (Lipinski definition) is 3. The van der Waals surface area contributed by atoms with Gasteiger partial charge in [-0.05, 0) is 36.4 Å². The number of amides is 1. The van der Waals surface area contributed by atoms with E-state index in [1.165, 1.54) is 24.3 Å². The van der Waals surface area contributed by atoms with Crippen LogP contribution in [0.2, 0.25) is 10.0 Å². The molecule has 20 heavy (non-hydrogen) atoms. The van der Waals surface area contributed by atoms with Crippen molar-refractivity contribution in [3.8, 4) is 6.07 Å². The summed E-state index contributed by atoms with van der Waals surface area (Å²) in [7, 11) is 0. The highest BCUT2D eigenvalue weighted by atomic mass is 35.5. The van der Waals surface area contributed by atoms with Crippen molar-refractivity contribution in [3.63, 3.8) is 0 Å². The van der Waals surface area contributed by atoms with Crippen LogP contribution in [0.3, 0.4) is 0 Å². The molecule has 2 rings (SSSR count). The van der Waals surface area contributed by atoms with Gasteiger partial charge in [-0.3, -0.25) is 4.79 Å². The highest BCUT2D eigenvalue weighted by Gasteiger charge is 2.13. The van der Waals surface area contributed by atoms with Gasteiger partial charge in [0.1, 0.15) is 6.07 Å². The third-order valence-corrected chi connectivity index (χ3v) is 3.15. The molecule has 0 aromatic heterocycles. The summed E-state index contributed by atoms with van der Waals surface area (Å²) in [5, 5.41) is 12.3. The molecule has 0 saturated carbocycles. The van der Waals surface area contributed by atoms with Gasteiger partial charge in [-0.25, -0.2) is 0 Å². The van der Waals surface area contributed by atoms with Crippen molar-refractivity contribution in [2.24, 2.45) is 0 Å². The van der Waals surface area contributed by atoms with E-state index in [1.54, 1.807) is 12.1 Å². The molecule has 0 atom stereocenters. The molecular weight excluding hydrogens is 297 g/mol. The first-order chi connectivity index (χ1) is 9.51. The number of anilines is 2. The molecule has 6 heteroatoms. The highest BCUT2D eigenvalue weighted by molar-refractivity contribution is 6.34. The van der Waals surface area contributed by atoms with Crippen LogP contribution < -0.4 is 11.1 Å². The van der Waals surface area contributed by atoms with Crippen molar-refractivity contribution in [2.45, 2.75) is 0 Å². The van der Waals surface area contributed by atoms with Crippen LogP contribution in [-0.4, -0.2) is 5.91 Å². The predicted molar refractivity (Wildman–Crippen MR) is 80.0 cm³/mol. The number of halogens is 2. The van der Waals surface area contributed by atoms with Crippen LogP contribution in [0.25, 0.3) is 0 Å². The smallest absolute Gasteiger partial charge is 0.257 e. The molecule has 0 radical (unpaired) electrons. The van der Waals surface area contributed by atoms with E-state index < -0.39 is 5.91 Å². The van der Waals surface area contributed by atoms with Gasteiger partial charge in [0.2, 0.25) is 0 Å². The lowest BCUT2D eigenvalue weighted by Crippen LogP contribution is -2.13. The van der Waals surface area contributed by atoms with E-state index in [9.17, 15) is 4.79 Å². The Morgan fingerprint density at radius 3 is 2.65 bits per heavy atom. The van der Waals surface area contributed by atoms with E-state index in [0.29, 0.717) is 22.0 Å². The highest BCUT2D eigenvalue weighted by Crippen LogP contribution is 2.24. The van der Waals surface area contributed by atoms with Crippen LogP contribution in [0, 0.1) is 11.3 Å². The number of nitriles is 1. The third-order valence-electron chi connectivity index (χ3n) is 2.59. The number of rotatable bonds is 2. The third kappa shape index (κ3) is 3.02. The summed E-state index contributed by atoms with van der Waals surface area (Å²) in [6.07, 6.45) is 0. The fraction of sp³-hybridized carbons (Fsp3) is 0. The molecule has 0 aliphatic heterocycles. The second kappa shape index (κ2) is 5.83. The van der Waals surface area contributed by atoms with E-state index >= 15 is 0 Å². The van der Waals surface area contributed by atoms with Gasteiger partial charge in [-0.2, -0.15) is 5.26 Å². The maximum absolute atomic E-state index is 12.2. The Balaban J connectivity index is 2.35. The average molecular weight is 306 g/mol. The normalized spacial score (nSPS) is 9.85. The Morgan fingerprint density at radius 2 is 1.95 bits per heavy atom. The molecule has 100 valence electrons. The van der Waals surface area contributed by atoms with Crippen molar-refractivity contribution >= 4 is 40.5 Å². The summed E-state index contributed by atoms with van der Waals surface area (Å²) >= 11 is 11.8. The van der Waals surface area contributed by atoms with Gasteiger partial charge in [-0.15, -0.1) is 0 Å². The Morgan fingerprint density at radius 1 is 1.20 bits per heavy atom. The summed E-state index contributed by atoms with van der Waals surface area (Å²) in [6, 6.07) is 11.2. The summed E-state index contributed by atoms with van der Waals surface area (Å²) in [5.41, 5.74) is 6.91. The molecule has 0 aliphatic rings. The first-order valence-corrected chi connectivity index (χ1v) is 6.33. The minimum Gasteiger partial charge on any atom is -0.399 e. The molecule has 0 bridgehead atoms. The van der Waals surface area contributed by atoms with Gasteiger partial charge in [0.15, 0.2) is 0 Å². The standard InChI is InChI=1S/C14H9Cl2N3O/c15-9-2-1-8(7-17)13(5-9)19-14(20)11-6-10(18)3-4-12(11)16/h1-6H,18H2,(H,19,20). The average Bonchev–Trinajstić information content (AvgIpc) is 2.41. The van der Waals surface area contributed by atoms with E-state index in [-0.39, 0.29) is 10.6 Å². The molecule has 2 aromatic carbocycles. The van der Waals surface area contributed by atoms with Gasteiger partial charge in [0.05, 0.1) is 21.8 Å². The van der Waals surface area contributed by atoms with Crippen LogP contribution in [0.15, 0.2) is 36.4 Å². The Kier molecular flexibility index (Phi) is 4.14. The summed E-state index contributed by atoms with van der Waals surface area (Å²) in [5.74, 6) is -0.457. The zero-order chi connectivity index (χ0) is 14.7.